The van der Waals surface area contributed by atoms with Crippen molar-refractivity contribution in [1.29, 1.82) is 0 Å². The number of para-hydroxylation sites is 1. The lowest BCUT2D eigenvalue weighted by Gasteiger charge is -2.41. The highest BCUT2D eigenvalue weighted by molar-refractivity contribution is 7.89. The normalized spacial score (nSPS) is 17.0. The highest BCUT2D eigenvalue weighted by Crippen LogP contribution is 2.44. The van der Waals surface area contributed by atoms with Crippen LogP contribution in [0.3, 0.4) is 0 Å². The summed E-state index contributed by atoms with van der Waals surface area (Å²) in [7, 11) is -2.17. The third-order valence-corrected chi connectivity index (χ3v) is 5.51. The van der Waals surface area contributed by atoms with E-state index in [4.69, 9.17) is 5.11 Å². The van der Waals surface area contributed by atoms with Crippen LogP contribution in [0.5, 0.6) is 0 Å². The molecule has 1 saturated carbocycles. The lowest BCUT2D eigenvalue weighted by molar-refractivity contribution is -0.141. The van der Waals surface area contributed by atoms with E-state index >= 15 is 0 Å². The van der Waals surface area contributed by atoms with Gasteiger partial charge < -0.3 is 10.4 Å². The molecule has 0 spiro atoms. The van der Waals surface area contributed by atoms with Crippen molar-refractivity contribution in [2.45, 2.75) is 30.6 Å². The largest absolute Gasteiger partial charge is 0.481 e. The Balaban J connectivity index is 2.15. The van der Waals surface area contributed by atoms with E-state index in [2.05, 4.69) is 10.0 Å². The number of anilines is 1. The molecule has 1 aromatic carbocycles. The summed E-state index contributed by atoms with van der Waals surface area (Å²) in [6.07, 6.45) is 2.84. The number of carboxylic acid groups (broad SMARTS) is 1. The Morgan fingerprint density at radius 3 is 2.52 bits per heavy atom. The van der Waals surface area contributed by atoms with Gasteiger partial charge in [-0.25, -0.2) is 13.1 Å². The molecule has 1 aliphatic rings. The molecule has 1 aromatic rings. The monoisotopic (exact) mass is 312 g/mol. The number of rotatable bonds is 7. The van der Waals surface area contributed by atoms with E-state index < -0.39 is 16.0 Å². The van der Waals surface area contributed by atoms with Gasteiger partial charge in [0.25, 0.3) is 0 Å². The molecule has 6 nitrogen and oxygen atoms in total. The Kier molecular flexibility index (Phi) is 4.53. The van der Waals surface area contributed by atoms with Crippen molar-refractivity contribution in [1.82, 2.24) is 4.72 Å². The van der Waals surface area contributed by atoms with Gasteiger partial charge in [-0.2, -0.15) is 0 Å². The quantitative estimate of drug-likeness (QED) is 0.711. The first kappa shape index (κ1) is 15.8. The van der Waals surface area contributed by atoms with Crippen LogP contribution in [0, 0.1) is 5.41 Å². The van der Waals surface area contributed by atoms with Crippen molar-refractivity contribution in [2.75, 3.05) is 18.9 Å². The van der Waals surface area contributed by atoms with Gasteiger partial charge in [0.15, 0.2) is 0 Å². The smallest absolute Gasteiger partial charge is 0.303 e. The Hall–Kier alpha value is -1.60. The number of hydrogen-bond donors (Lipinski definition) is 3. The highest BCUT2D eigenvalue weighted by Gasteiger charge is 2.39. The fourth-order valence-electron chi connectivity index (χ4n) is 2.65. The maximum absolute atomic E-state index is 12.0. The van der Waals surface area contributed by atoms with Gasteiger partial charge in [0, 0.05) is 6.54 Å². The van der Waals surface area contributed by atoms with Crippen LogP contribution in [-0.2, 0) is 14.8 Å². The predicted molar refractivity (Wildman–Crippen MR) is 79.7 cm³/mol. The molecule has 0 saturated heterocycles. The molecule has 1 fully saturated rings. The summed E-state index contributed by atoms with van der Waals surface area (Å²) >= 11 is 0. The van der Waals surface area contributed by atoms with Crippen LogP contribution >= 0.6 is 0 Å². The molecule has 116 valence electrons. The number of benzene rings is 1. The molecular formula is C14H20N2O4S. The molecule has 0 unspecified atom stereocenters. The summed E-state index contributed by atoms with van der Waals surface area (Å²) in [4.78, 5) is 11.1. The third-order valence-electron chi connectivity index (χ3n) is 4.04. The maximum atomic E-state index is 12.0. The Bertz CT molecular complexity index is 624. The van der Waals surface area contributed by atoms with Gasteiger partial charge in [0.05, 0.1) is 12.1 Å². The van der Waals surface area contributed by atoms with E-state index in [0.29, 0.717) is 12.2 Å². The van der Waals surface area contributed by atoms with Gasteiger partial charge in [-0.3, -0.25) is 4.79 Å². The molecule has 3 N–H and O–H groups in total. The molecule has 0 atom stereocenters. The van der Waals surface area contributed by atoms with Crippen molar-refractivity contribution in [3.05, 3.63) is 24.3 Å². The minimum atomic E-state index is -3.54. The van der Waals surface area contributed by atoms with Gasteiger partial charge >= 0.3 is 5.97 Å². The number of hydrogen-bond acceptors (Lipinski definition) is 4. The van der Waals surface area contributed by atoms with Gasteiger partial charge in [-0.15, -0.1) is 0 Å². The molecule has 0 heterocycles. The molecule has 7 heteroatoms. The number of carbonyl (C=O) groups is 1. The topological polar surface area (TPSA) is 95.5 Å². The van der Waals surface area contributed by atoms with Crippen LogP contribution in [0.15, 0.2) is 29.2 Å². The fourth-order valence-corrected chi connectivity index (χ4v) is 3.56. The van der Waals surface area contributed by atoms with Crippen molar-refractivity contribution in [3.8, 4) is 0 Å². The van der Waals surface area contributed by atoms with Gasteiger partial charge in [-0.1, -0.05) is 18.6 Å². The summed E-state index contributed by atoms with van der Waals surface area (Å²) in [5, 5.41) is 12.1. The molecule has 0 aromatic heterocycles. The van der Waals surface area contributed by atoms with Crippen LogP contribution in [0.25, 0.3) is 0 Å². The summed E-state index contributed by atoms with van der Waals surface area (Å²) in [5.41, 5.74) is 0.242. The van der Waals surface area contributed by atoms with E-state index in [1.54, 1.807) is 18.2 Å². The number of aliphatic carboxylic acids is 1. The lowest BCUT2D eigenvalue weighted by Crippen LogP contribution is -2.38. The minimum Gasteiger partial charge on any atom is -0.481 e. The van der Waals surface area contributed by atoms with Crippen LogP contribution in [0.1, 0.15) is 25.7 Å². The first-order valence-electron chi connectivity index (χ1n) is 6.87. The second-order valence-corrected chi connectivity index (χ2v) is 7.34. The summed E-state index contributed by atoms with van der Waals surface area (Å²) in [6, 6.07) is 6.63. The summed E-state index contributed by atoms with van der Waals surface area (Å²) in [6.45, 7) is 0.468. The number of carboxylic acids is 1. The van der Waals surface area contributed by atoms with Gasteiger partial charge in [0.1, 0.15) is 4.90 Å². The van der Waals surface area contributed by atoms with E-state index in [0.717, 1.165) is 19.3 Å². The Morgan fingerprint density at radius 2 is 2.00 bits per heavy atom. The first-order chi connectivity index (χ1) is 9.88. The van der Waals surface area contributed by atoms with Crippen LogP contribution in [0.2, 0.25) is 0 Å². The zero-order chi connectivity index (χ0) is 15.5. The average Bonchev–Trinajstić information content (AvgIpc) is 2.41. The molecule has 1 aliphatic carbocycles. The molecular weight excluding hydrogens is 292 g/mol. The number of sulfonamides is 1. The van der Waals surface area contributed by atoms with E-state index in [1.807, 2.05) is 0 Å². The predicted octanol–water partition coefficient (Wildman–Crippen LogP) is 1.65. The Morgan fingerprint density at radius 1 is 1.33 bits per heavy atom. The minimum absolute atomic E-state index is 0.112. The highest BCUT2D eigenvalue weighted by atomic mass is 32.2. The van der Waals surface area contributed by atoms with Gasteiger partial charge in [0.2, 0.25) is 10.0 Å². The second-order valence-electron chi connectivity index (χ2n) is 5.48. The van der Waals surface area contributed by atoms with Crippen LogP contribution in [-0.4, -0.2) is 33.1 Å². The molecule has 0 bridgehead atoms. The molecule has 2 rings (SSSR count). The van der Waals surface area contributed by atoms with Crippen LogP contribution in [0.4, 0.5) is 5.69 Å². The van der Waals surface area contributed by atoms with Crippen molar-refractivity contribution in [3.63, 3.8) is 0 Å². The standard InChI is InChI=1S/C14H20N2O4S/c1-15-21(19,20)12-6-3-2-5-11(12)16-10-14(7-4-8-14)9-13(17)18/h2-3,5-6,15-16H,4,7-10H2,1H3,(H,17,18). The first-order valence-corrected chi connectivity index (χ1v) is 8.35. The van der Waals surface area contributed by atoms with Crippen molar-refractivity contribution in [2.24, 2.45) is 5.41 Å². The van der Waals surface area contributed by atoms with Crippen molar-refractivity contribution >= 4 is 21.7 Å². The zero-order valence-corrected chi connectivity index (χ0v) is 12.7. The fraction of sp³-hybridized carbons (Fsp3) is 0.500. The zero-order valence-electron chi connectivity index (χ0n) is 11.9. The summed E-state index contributed by atoms with van der Waals surface area (Å²) in [5.74, 6) is -0.812. The lowest BCUT2D eigenvalue weighted by atomic mass is 9.66. The van der Waals surface area contributed by atoms with E-state index in [1.165, 1.54) is 13.1 Å². The van der Waals surface area contributed by atoms with E-state index in [-0.39, 0.29) is 16.7 Å². The van der Waals surface area contributed by atoms with Crippen LogP contribution < -0.4 is 10.0 Å². The molecule has 21 heavy (non-hydrogen) atoms. The maximum Gasteiger partial charge on any atom is 0.303 e. The molecule has 0 amide bonds. The number of nitrogens with one attached hydrogen (secondary N) is 2. The SMILES string of the molecule is CNS(=O)(=O)c1ccccc1NCC1(CC(=O)O)CCC1. The van der Waals surface area contributed by atoms with E-state index in [9.17, 15) is 13.2 Å². The van der Waals surface area contributed by atoms with Crippen molar-refractivity contribution < 1.29 is 18.3 Å². The average molecular weight is 312 g/mol. The molecule has 0 aliphatic heterocycles. The second kappa shape index (κ2) is 6.03. The van der Waals surface area contributed by atoms with Gasteiger partial charge in [-0.05, 0) is 37.4 Å². The Labute approximate surface area is 124 Å². The molecule has 0 radical (unpaired) electrons. The third kappa shape index (κ3) is 3.54. The summed E-state index contributed by atoms with van der Waals surface area (Å²) < 4.78 is 26.2.